The molecule has 0 bridgehead atoms. The first kappa shape index (κ1) is 16.0. The molecule has 0 amide bonds. The van der Waals surface area contributed by atoms with Crippen molar-refractivity contribution in [2.24, 2.45) is 0 Å². The first-order chi connectivity index (χ1) is 11.5. The Morgan fingerprint density at radius 2 is 2.00 bits per heavy atom. The maximum Gasteiger partial charge on any atom is 0.336 e. The number of fused-ring (bicyclic) bond motifs is 1. The van der Waals surface area contributed by atoms with Gasteiger partial charge >= 0.3 is 5.97 Å². The van der Waals surface area contributed by atoms with Gasteiger partial charge < -0.3 is 9.84 Å². The van der Waals surface area contributed by atoms with Crippen LogP contribution < -0.4 is 4.74 Å². The number of nitrogens with one attached hydrogen (secondary N) is 1. The molecule has 3 aromatic rings. The molecule has 0 unspecified atom stereocenters. The summed E-state index contributed by atoms with van der Waals surface area (Å²) in [7, 11) is 0. The molecule has 0 spiro atoms. The minimum atomic E-state index is -0.988. The Morgan fingerprint density at radius 1 is 1.29 bits per heavy atom. The number of ether oxygens (including phenoxy) is 1. The normalized spacial score (nSPS) is 11.2. The maximum absolute atomic E-state index is 11.7. The molecule has 0 aliphatic rings. The van der Waals surface area contributed by atoms with E-state index in [0.717, 1.165) is 11.3 Å². The highest BCUT2D eigenvalue weighted by molar-refractivity contribution is 6.07. The Bertz CT molecular complexity index is 882. The van der Waals surface area contributed by atoms with Crippen molar-refractivity contribution >= 4 is 17.0 Å². The number of hydrogen-bond donors (Lipinski definition) is 2. The van der Waals surface area contributed by atoms with Gasteiger partial charge in [0.2, 0.25) is 0 Å². The number of carbonyl (C=O) groups is 1. The molecule has 124 valence electrons. The predicted octanol–water partition coefficient (Wildman–Crippen LogP) is 3.85. The van der Waals surface area contributed by atoms with Crippen LogP contribution in [-0.2, 0) is 0 Å². The van der Waals surface area contributed by atoms with Crippen molar-refractivity contribution < 1.29 is 14.6 Å². The monoisotopic (exact) mass is 325 g/mol. The minimum absolute atomic E-state index is 0.123. The molecule has 0 atom stereocenters. The van der Waals surface area contributed by atoms with Crippen LogP contribution in [0.5, 0.6) is 5.75 Å². The van der Waals surface area contributed by atoms with E-state index in [1.54, 1.807) is 6.07 Å². The van der Waals surface area contributed by atoms with E-state index in [9.17, 15) is 9.90 Å². The number of carboxylic acid groups (broad SMARTS) is 1. The van der Waals surface area contributed by atoms with Crippen LogP contribution in [0.4, 0.5) is 0 Å². The van der Waals surface area contributed by atoms with E-state index >= 15 is 0 Å². The van der Waals surface area contributed by atoms with E-state index in [-0.39, 0.29) is 11.5 Å². The van der Waals surface area contributed by atoms with Crippen molar-refractivity contribution in [3.05, 3.63) is 41.6 Å². The third-order valence-corrected chi connectivity index (χ3v) is 3.82. The highest BCUT2D eigenvalue weighted by Crippen LogP contribution is 2.31. The highest BCUT2D eigenvalue weighted by Gasteiger charge is 2.20. The second kappa shape index (κ2) is 6.31. The zero-order valence-corrected chi connectivity index (χ0v) is 13.8. The molecule has 0 fully saturated rings. The van der Waals surface area contributed by atoms with Crippen LogP contribution in [0.2, 0.25) is 0 Å². The van der Waals surface area contributed by atoms with Crippen LogP contribution in [0.15, 0.2) is 30.3 Å². The van der Waals surface area contributed by atoms with Crippen molar-refractivity contribution in [3.63, 3.8) is 0 Å². The number of rotatable bonds is 5. The predicted molar refractivity (Wildman–Crippen MR) is 91.5 cm³/mol. The summed E-state index contributed by atoms with van der Waals surface area (Å²) in [5.41, 5.74) is 2.82. The minimum Gasteiger partial charge on any atom is -0.494 e. The van der Waals surface area contributed by atoms with Gasteiger partial charge in [-0.25, -0.2) is 9.78 Å². The number of H-pyrrole nitrogens is 1. The fourth-order valence-corrected chi connectivity index (χ4v) is 2.60. The maximum atomic E-state index is 11.7. The summed E-state index contributed by atoms with van der Waals surface area (Å²) >= 11 is 0. The summed E-state index contributed by atoms with van der Waals surface area (Å²) in [4.78, 5) is 16.2. The molecule has 24 heavy (non-hydrogen) atoms. The molecule has 6 nitrogen and oxygen atoms in total. The quantitative estimate of drug-likeness (QED) is 0.744. The van der Waals surface area contributed by atoms with Crippen molar-refractivity contribution in [1.29, 1.82) is 0 Å². The van der Waals surface area contributed by atoms with Gasteiger partial charge in [0.15, 0.2) is 5.65 Å². The third kappa shape index (κ3) is 2.82. The summed E-state index contributed by atoms with van der Waals surface area (Å²) in [5, 5.41) is 17.3. The number of benzene rings is 1. The average Bonchev–Trinajstić information content (AvgIpc) is 2.98. The Labute approximate surface area is 139 Å². The summed E-state index contributed by atoms with van der Waals surface area (Å²) in [6.45, 7) is 6.46. The topological polar surface area (TPSA) is 88.1 Å². The van der Waals surface area contributed by atoms with Gasteiger partial charge in [0.1, 0.15) is 5.75 Å². The van der Waals surface area contributed by atoms with E-state index in [1.165, 1.54) is 0 Å². The number of aromatic nitrogens is 3. The number of pyridine rings is 1. The van der Waals surface area contributed by atoms with Crippen LogP contribution in [0.1, 0.15) is 42.7 Å². The van der Waals surface area contributed by atoms with Crippen molar-refractivity contribution in [3.8, 4) is 17.0 Å². The fourth-order valence-electron chi connectivity index (χ4n) is 2.60. The molecule has 0 aliphatic heterocycles. The van der Waals surface area contributed by atoms with Gasteiger partial charge in [0.05, 0.1) is 23.3 Å². The van der Waals surface area contributed by atoms with Gasteiger partial charge in [-0.05, 0) is 43.2 Å². The van der Waals surface area contributed by atoms with Gasteiger partial charge in [-0.3, -0.25) is 5.10 Å². The molecule has 1 aromatic carbocycles. The van der Waals surface area contributed by atoms with Crippen LogP contribution in [0.3, 0.4) is 0 Å². The van der Waals surface area contributed by atoms with Crippen molar-refractivity contribution in [1.82, 2.24) is 15.2 Å². The number of hydrogen-bond acceptors (Lipinski definition) is 4. The molecule has 2 N–H and O–H groups in total. The van der Waals surface area contributed by atoms with Crippen molar-refractivity contribution in [2.45, 2.75) is 26.7 Å². The number of aromatic amines is 1. The summed E-state index contributed by atoms with van der Waals surface area (Å²) in [6, 6.07) is 9.08. The zero-order chi connectivity index (χ0) is 17.3. The Kier molecular flexibility index (Phi) is 4.20. The zero-order valence-electron chi connectivity index (χ0n) is 13.8. The summed E-state index contributed by atoms with van der Waals surface area (Å²) in [5.74, 6) is -0.0974. The smallest absolute Gasteiger partial charge is 0.336 e. The third-order valence-electron chi connectivity index (χ3n) is 3.82. The first-order valence-corrected chi connectivity index (χ1v) is 7.86. The van der Waals surface area contributed by atoms with E-state index in [4.69, 9.17) is 4.74 Å². The van der Waals surface area contributed by atoms with Gasteiger partial charge in [-0.15, -0.1) is 0 Å². The molecule has 0 saturated heterocycles. The highest BCUT2D eigenvalue weighted by atomic mass is 16.5. The number of carboxylic acids is 1. The largest absolute Gasteiger partial charge is 0.494 e. The number of nitrogens with zero attached hydrogens (tertiary/aromatic N) is 2. The average molecular weight is 325 g/mol. The Hall–Kier alpha value is -2.89. The molecule has 6 heteroatoms. The van der Waals surface area contributed by atoms with E-state index in [1.807, 2.05) is 45.0 Å². The van der Waals surface area contributed by atoms with E-state index in [0.29, 0.717) is 29.0 Å². The summed E-state index contributed by atoms with van der Waals surface area (Å²) < 4.78 is 5.44. The lowest BCUT2D eigenvalue weighted by Crippen LogP contribution is -2.03. The van der Waals surface area contributed by atoms with E-state index < -0.39 is 5.97 Å². The molecule has 0 radical (unpaired) electrons. The van der Waals surface area contributed by atoms with Gasteiger partial charge in [-0.2, -0.15) is 5.10 Å². The molecule has 0 aliphatic carbocycles. The molecular formula is C18H19N3O3. The molecule has 2 heterocycles. The Balaban J connectivity index is 2.17. The second-order valence-electron chi connectivity index (χ2n) is 5.81. The van der Waals surface area contributed by atoms with Gasteiger partial charge in [-0.1, -0.05) is 13.8 Å². The SMILES string of the molecule is CCOc1ccc(-c2[nH]nc3nc(C(C)C)cc(C(=O)O)c23)cc1. The van der Waals surface area contributed by atoms with E-state index in [2.05, 4.69) is 15.2 Å². The van der Waals surface area contributed by atoms with Crippen LogP contribution in [0, 0.1) is 0 Å². The van der Waals surface area contributed by atoms with Crippen molar-refractivity contribution in [2.75, 3.05) is 6.61 Å². The summed E-state index contributed by atoms with van der Waals surface area (Å²) in [6.07, 6.45) is 0. The van der Waals surface area contributed by atoms with Crippen LogP contribution in [-0.4, -0.2) is 32.9 Å². The molecular weight excluding hydrogens is 306 g/mol. The van der Waals surface area contributed by atoms with Gasteiger partial charge in [0.25, 0.3) is 0 Å². The van der Waals surface area contributed by atoms with Crippen LogP contribution >= 0.6 is 0 Å². The molecule has 3 rings (SSSR count). The fraction of sp³-hybridized carbons (Fsp3) is 0.278. The van der Waals surface area contributed by atoms with Gasteiger partial charge in [0, 0.05) is 11.3 Å². The van der Waals surface area contributed by atoms with Crippen LogP contribution in [0.25, 0.3) is 22.3 Å². The lowest BCUT2D eigenvalue weighted by Gasteiger charge is -2.08. The molecule has 2 aromatic heterocycles. The molecule has 0 saturated carbocycles. The number of aromatic carboxylic acids is 1. The lowest BCUT2D eigenvalue weighted by molar-refractivity contribution is 0.0699. The standard InChI is InChI=1S/C18H19N3O3/c1-4-24-12-7-5-11(6-8-12)16-15-13(18(22)23)9-14(10(2)3)19-17(15)21-20-16/h5-10H,4H2,1-3H3,(H,22,23)(H,19,20,21). The lowest BCUT2D eigenvalue weighted by atomic mass is 10.0. The second-order valence-corrected chi connectivity index (χ2v) is 5.81. The Morgan fingerprint density at radius 3 is 2.58 bits per heavy atom. The first-order valence-electron chi connectivity index (χ1n) is 7.86.